The zero-order valence-electron chi connectivity index (χ0n) is 18.1. The Morgan fingerprint density at radius 2 is 1.18 bits per heavy atom. The molecule has 1 aliphatic heterocycles. The average molecular weight is 447 g/mol. The first-order chi connectivity index (χ1) is 16.1. The van der Waals surface area contributed by atoms with Crippen LogP contribution in [0.5, 0.6) is 0 Å². The number of nitrogens with zero attached hydrogens (tertiary/aromatic N) is 2. The molecular formula is C26H26N2O5. The smallest absolute Gasteiger partial charge is 0.429 e. The fourth-order valence-corrected chi connectivity index (χ4v) is 3.78. The molecule has 1 fully saturated rings. The lowest BCUT2D eigenvalue weighted by Crippen LogP contribution is -2.49. The monoisotopic (exact) mass is 446 g/mol. The van der Waals surface area contributed by atoms with Crippen LogP contribution in [0.1, 0.15) is 16.7 Å². The van der Waals surface area contributed by atoms with Crippen LogP contribution >= 0.6 is 0 Å². The van der Waals surface area contributed by atoms with Crippen molar-refractivity contribution in [1.82, 2.24) is 10.0 Å². The van der Waals surface area contributed by atoms with Crippen molar-refractivity contribution < 1.29 is 24.2 Å². The molecule has 0 aromatic heterocycles. The Morgan fingerprint density at radius 3 is 1.70 bits per heavy atom. The topological polar surface area (TPSA) is 79.3 Å². The molecule has 0 spiro atoms. The highest BCUT2D eigenvalue weighted by Gasteiger charge is 2.46. The molecule has 33 heavy (non-hydrogen) atoms. The maximum absolute atomic E-state index is 13.1. The summed E-state index contributed by atoms with van der Waals surface area (Å²) in [5.74, 6) is 0. The molecule has 3 aromatic carbocycles. The second kappa shape index (κ2) is 10.7. The number of benzene rings is 3. The van der Waals surface area contributed by atoms with Gasteiger partial charge >= 0.3 is 12.2 Å². The minimum absolute atomic E-state index is 0.0528. The molecule has 7 heteroatoms. The van der Waals surface area contributed by atoms with Gasteiger partial charge in [0.25, 0.3) is 0 Å². The van der Waals surface area contributed by atoms with Crippen LogP contribution in [0.25, 0.3) is 0 Å². The number of carbonyl (C=O) groups excluding carboxylic acids is 2. The second-order valence-corrected chi connectivity index (χ2v) is 7.83. The summed E-state index contributed by atoms with van der Waals surface area (Å²) in [6.45, 7) is 0.0469. The van der Waals surface area contributed by atoms with Gasteiger partial charge in [0.1, 0.15) is 13.2 Å². The highest BCUT2D eigenvalue weighted by atomic mass is 16.6. The summed E-state index contributed by atoms with van der Waals surface area (Å²) in [4.78, 5) is 26.0. The summed E-state index contributed by atoms with van der Waals surface area (Å²) in [6.07, 6.45) is -2.01. The first-order valence-corrected chi connectivity index (χ1v) is 10.8. The molecule has 2 amide bonds. The number of β-amino-alcohol motifs (C(OH)–C–C–N with tert-alkyl or cyclic N) is 1. The first-order valence-electron chi connectivity index (χ1n) is 10.8. The van der Waals surface area contributed by atoms with Crippen LogP contribution in [-0.2, 0) is 29.1 Å². The zero-order chi connectivity index (χ0) is 23.0. The van der Waals surface area contributed by atoms with Crippen molar-refractivity contribution in [2.24, 2.45) is 0 Å². The summed E-state index contributed by atoms with van der Waals surface area (Å²) < 4.78 is 10.9. The molecule has 7 nitrogen and oxygen atoms in total. The van der Waals surface area contributed by atoms with Gasteiger partial charge in [0.15, 0.2) is 0 Å². The lowest BCUT2D eigenvalue weighted by molar-refractivity contribution is -0.0151. The Hall–Kier alpha value is -3.84. The van der Waals surface area contributed by atoms with Gasteiger partial charge in [0, 0.05) is 0 Å². The van der Waals surface area contributed by atoms with E-state index in [0.29, 0.717) is 6.42 Å². The lowest BCUT2D eigenvalue weighted by Gasteiger charge is -2.30. The third-order valence-corrected chi connectivity index (χ3v) is 5.47. The third kappa shape index (κ3) is 5.70. The first kappa shape index (κ1) is 22.4. The third-order valence-electron chi connectivity index (χ3n) is 5.47. The van der Waals surface area contributed by atoms with Gasteiger partial charge in [0.05, 0.1) is 18.7 Å². The molecule has 1 saturated heterocycles. The van der Waals surface area contributed by atoms with Crippen LogP contribution in [0.3, 0.4) is 0 Å². The zero-order valence-corrected chi connectivity index (χ0v) is 18.1. The minimum Gasteiger partial charge on any atom is -0.443 e. The highest BCUT2D eigenvalue weighted by molar-refractivity contribution is 5.75. The fourth-order valence-electron chi connectivity index (χ4n) is 3.78. The van der Waals surface area contributed by atoms with Crippen LogP contribution in [0.4, 0.5) is 9.59 Å². The van der Waals surface area contributed by atoms with Gasteiger partial charge in [-0.05, 0) is 23.1 Å². The van der Waals surface area contributed by atoms with Crippen molar-refractivity contribution in [1.29, 1.82) is 0 Å². The molecule has 0 aliphatic carbocycles. The Kier molecular flexibility index (Phi) is 7.22. The Balaban J connectivity index is 1.50. The molecule has 2 atom stereocenters. The molecule has 1 aliphatic rings. The van der Waals surface area contributed by atoms with E-state index in [2.05, 4.69) is 0 Å². The molecule has 4 rings (SSSR count). The van der Waals surface area contributed by atoms with E-state index in [9.17, 15) is 14.7 Å². The number of ether oxygens (including phenoxy) is 2. The average Bonchev–Trinajstić information content (AvgIpc) is 3.19. The van der Waals surface area contributed by atoms with Gasteiger partial charge in [-0.15, -0.1) is 0 Å². The number of hydrazine groups is 1. The molecule has 3 aromatic rings. The van der Waals surface area contributed by atoms with Crippen LogP contribution < -0.4 is 0 Å². The molecular weight excluding hydrogens is 420 g/mol. The van der Waals surface area contributed by atoms with E-state index in [4.69, 9.17) is 9.47 Å². The van der Waals surface area contributed by atoms with Crippen LogP contribution in [0.15, 0.2) is 91.0 Å². The van der Waals surface area contributed by atoms with Gasteiger partial charge in [-0.25, -0.2) is 19.6 Å². The normalized spacial score (nSPS) is 17.6. The van der Waals surface area contributed by atoms with Crippen molar-refractivity contribution in [3.63, 3.8) is 0 Å². The van der Waals surface area contributed by atoms with E-state index in [1.54, 1.807) is 0 Å². The maximum atomic E-state index is 13.1. The maximum Gasteiger partial charge on any atom is 0.429 e. The van der Waals surface area contributed by atoms with Gasteiger partial charge in [-0.2, -0.15) is 0 Å². The summed E-state index contributed by atoms with van der Waals surface area (Å²) in [5, 5.41) is 13.1. The van der Waals surface area contributed by atoms with Crippen LogP contribution in [0.2, 0.25) is 0 Å². The predicted octanol–water partition coefficient (Wildman–Crippen LogP) is 4.16. The van der Waals surface area contributed by atoms with Gasteiger partial charge in [-0.1, -0.05) is 91.0 Å². The number of aliphatic hydroxyl groups excluding tert-OH is 1. The number of aliphatic hydroxyl groups is 1. The van der Waals surface area contributed by atoms with Gasteiger partial charge < -0.3 is 14.6 Å². The molecule has 0 bridgehead atoms. The van der Waals surface area contributed by atoms with Crippen molar-refractivity contribution in [3.05, 3.63) is 108 Å². The number of hydrogen-bond acceptors (Lipinski definition) is 5. The molecule has 1 heterocycles. The summed E-state index contributed by atoms with van der Waals surface area (Å²) in [5.41, 5.74) is 2.58. The Morgan fingerprint density at radius 1 is 0.727 bits per heavy atom. The van der Waals surface area contributed by atoms with E-state index >= 15 is 0 Å². The largest absolute Gasteiger partial charge is 0.443 e. The SMILES string of the molecule is O=C(OCc1ccccc1)N1C[C@H](O)[C@@H](Cc2ccccc2)N1C(=O)OCc1ccccc1. The standard InChI is InChI=1S/C26H26N2O5/c29-24-17-27(25(30)32-18-21-12-6-2-7-13-21)28(23(24)16-20-10-4-1-5-11-20)26(31)33-19-22-14-8-3-9-15-22/h1-15,23-24,29H,16-19H2/t23-,24+/m1/s1. The molecule has 0 saturated carbocycles. The quantitative estimate of drug-likeness (QED) is 0.615. The van der Waals surface area contributed by atoms with Crippen LogP contribution in [-0.4, -0.2) is 46.0 Å². The number of hydrogen-bond donors (Lipinski definition) is 1. The highest BCUT2D eigenvalue weighted by Crippen LogP contribution is 2.25. The van der Waals surface area contributed by atoms with Crippen molar-refractivity contribution >= 4 is 12.2 Å². The Labute approximate surface area is 192 Å². The Bertz CT molecular complexity index is 1050. The minimum atomic E-state index is -0.946. The lowest BCUT2D eigenvalue weighted by atomic mass is 10.0. The summed E-state index contributed by atoms with van der Waals surface area (Å²) in [7, 11) is 0. The molecule has 0 unspecified atom stereocenters. The van der Waals surface area contributed by atoms with Gasteiger partial charge in [-0.3, -0.25) is 0 Å². The van der Waals surface area contributed by atoms with E-state index in [1.165, 1.54) is 5.01 Å². The van der Waals surface area contributed by atoms with Crippen molar-refractivity contribution in [2.45, 2.75) is 31.8 Å². The van der Waals surface area contributed by atoms with Crippen molar-refractivity contribution in [3.8, 4) is 0 Å². The van der Waals surface area contributed by atoms with E-state index in [1.807, 2.05) is 91.0 Å². The predicted molar refractivity (Wildman–Crippen MR) is 122 cm³/mol. The van der Waals surface area contributed by atoms with E-state index < -0.39 is 24.3 Å². The molecule has 0 radical (unpaired) electrons. The van der Waals surface area contributed by atoms with E-state index in [0.717, 1.165) is 21.7 Å². The van der Waals surface area contributed by atoms with Crippen LogP contribution in [0, 0.1) is 0 Å². The summed E-state index contributed by atoms with van der Waals surface area (Å²) in [6, 6.07) is 27.4. The molecule has 170 valence electrons. The molecule has 1 N–H and O–H groups in total. The second-order valence-electron chi connectivity index (χ2n) is 7.83. The fraction of sp³-hybridized carbons (Fsp3) is 0.231. The van der Waals surface area contributed by atoms with E-state index in [-0.39, 0.29) is 19.8 Å². The number of rotatable bonds is 6. The number of carbonyl (C=O) groups is 2. The van der Waals surface area contributed by atoms with Gasteiger partial charge in [0.2, 0.25) is 0 Å². The summed E-state index contributed by atoms with van der Waals surface area (Å²) >= 11 is 0. The number of amides is 2. The van der Waals surface area contributed by atoms with Crippen molar-refractivity contribution in [2.75, 3.05) is 6.54 Å².